The second kappa shape index (κ2) is 8.85. The van der Waals surface area contributed by atoms with E-state index in [9.17, 15) is 24.9 Å². The monoisotopic (exact) mass is 401 g/mol. The van der Waals surface area contributed by atoms with E-state index in [0.717, 1.165) is 11.9 Å². The first kappa shape index (κ1) is 21.4. The van der Waals surface area contributed by atoms with Crippen LogP contribution in [-0.2, 0) is 20.0 Å². The number of thioether (sulfide) groups is 1. The highest BCUT2D eigenvalue weighted by Crippen LogP contribution is 2.36. The number of carbonyl (C=O) groups excluding carboxylic acids is 1. The fourth-order valence-corrected chi connectivity index (χ4v) is 3.22. The summed E-state index contributed by atoms with van der Waals surface area (Å²) in [4.78, 5) is 28.9. The van der Waals surface area contributed by atoms with E-state index >= 15 is 0 Å². The zero-order valence-electron chi connectivity index (χ0n) is 14.8. The number of aliphatic hydroxyl groups is 3. The zero-order valence-corrected chi connectivity index (χ0v) is 15.6. The smallest absolute Gasteiger partial charge is 0.363 e. The number of aliphatic hydroxyl groups excluding tert-OH is 3. The van der Waals surface area contributed by atoms with Crippen LogP contribution < -0.4 is 11.4 Å². The van der Waals surface area contributed by atoms with Crippen LogP contribution in [0.5, 0.6) is 0 Å². The van der Waals surface area contributed by atoms with Crippen molar-refractivity contribution in [2.24, 2.45) is 0 Å². The third-order valence-electron chi connectivity index (χ3n) is 4.14. The standard InChI is InChI=1S/C16H23N3O7S/c1-3-9-7-19(15(24)18-13(9)17)16(14(23)25-5-6-27-4-2)12(22)11(21)10(8-20)26-16/h3,7,10-12,20-22H,1,4-6,8H2,2H3,(H2,17,18,24)/t10-,11-,12-,16+/m1/s1. The molecule has 0 unspecified atom stereocenters. The first-order valence-electron chi connectivity index (χ1n) is 8.25. The lowest BCUT2D eigenvalue weighted by Gasteiger charge is -2.31. The Morgan fingerprint density at radius 3 is 2.85 bits per heavy atom. The van der Waals surface area contributed by atoms with Crippen molar-refractivity contribution in [3.05, 3.63) is 28.8 Å². The predicted molar refractivity (Wildman–Crippen MR) is 98.9 cm³/mol. The fraction of sp³-hybridized carbons (Fsp3) is 0.562. The molecule has 0 saturated carbocycles. The van der Waals surface area contributed by atoms with Gasteiger partial charge < -0.3 is 30.5 Å². The first-order valence-corrected chi connectivity index (χ1v) is 9.40. The number of hydrogen-bond donors (Lipinski definition) is 4. The number of esters is 1. The summed E-state index contributed by atoms with van der Waals surface area (Å²) in [6, 6.07) is 0. The number of hydrogen-bond acceptors (Lipinski definition) is 10. The van der Waals surface area contributed by atoms with Crippen molar-refractivity contribution in [3.63, 3.8) is 0 Å². The molecule has 1 fully saturated rings. The lowest BCUT2D eigenvalue weighted by Crippen LogP contribution is -2.56. The summed E-state index contributed by atoms with van der Waals surface area (Å²) in [7, 11) is 0. The van der Waals surface area contributed by atoms with Crippen molar-refractivity contribution >= 4 is 29.6 Å². The van der Waals surface area contributed by atoms with Crippen molar-refractivity contribution in [2.75, 3.05) is 30.5 Å². The number of rotatable bonds is 8. The van der Waals surface area contributed by atoms with Crippen LogP contribution in [0, 0.1) is 0 Å². The van der Waals surface area contributed by atoms with E-state index in [4.69, 9.17) is 15.2 Å². The molecule has 1 saturated heterocycles. The minimum absolute atomic E-state index is 0.000520. The van der Waals surface area contributed by atoms with E-state index in [1.807, 2.05) is 6.92 Å². The molecule has 1 aliphatic rings. The SMILES string of the molecule is C=Cc1cn([C@]2(C(=O)OCCSCC)O[C@H](CO)[C@@H](O)[C@H]2O)c(=O)nc1N. The van der Waals surface area contributed by atoms with E-state index in [1.54, 1.807) is 0 Å². The van der Waals surface area contributed by atoms with Crippen LogP contribution in [0.15, 0.2) is 17.6 Å². The number of ether oxygens (including phenoxy) is 2. The number of nitrogens with two attached hydrogens (primary N) is 1. The van der Waals surface area contributed by atoms with Gasteiger partial charge >= 0.3 is 11.7 Å². The average Bonchev–Trinajstić information content (AvgIpc) is 2.91. The van der Waals surface area contributed by atoms with Gasteiger partial charge in [0.25, 0.3) is 5.72 Å². The number of nitrogens with zero attached hydrogens (tertiary/aromatic N) is 2. The van der Waals surface area contributed by atoms with Crippen molar-refractivity contribution in [3.8, 4) is 0 Å². The maximum atomic E-state index is 12.8. The summed E-state index contributed by atoms with van der Waals surface area (Å²) < 4.78 is 11.3. The maximum Gasteiger partial charge on any atom is 0.363 e. The lowest BCUT2D eigenvalue weighted by molar-refractivity contribution is -0.201. The second-order valence-corrected chi connectivity index (χ2v) is 7.14. The summed E-state index contributed by atoms with van der Waals surface area (Å²) in [6.45, 7) is 4.80. The van der Waals surface area contributed by atoms with Crippen LogP contribution in [0.1, 0.15) is 12.5 Å². The summed E-state index contributed by atoms with van der Waals surface area (Å²) in [5, 5.41) is 30.1. The van der Waals surface area contributed by atoms with Gasteiger partial charge in [-0.05, 0) is 5.75 Å². The molecule has 1 aromatic rings. The van der Waals surface area contributed by atoms with Crippen LogP contribution in [0.4, 0.5) is 5.82 Å². The Balaban J connectivity index is 2.53. The summed E-state index contributed by atoms with van der Waals surface area (Å²) in [6.07, 6.45) is -2.40. The summed E-state index contributed by atoms with van der Waals surface area (Å²) in [5.41, 5.74) is 2.43. The van der Waals surface area contributed by atoms with Crippen molar-refractivity contribution in [1.29, 1.82) is 0 Å². The van der Waals surface area contributed by atoms with Gasteiger partial charge in [-0.3, -0.25) is 4.57 Å². The lowest BCUT2D eigenvalue weighted by atomic mass is 10.0. The Morgan fingerprint density at radius 2 is 2.30 bits per heavy atom. The largest absolute Gasteiger partial charge is 0.461 e. The number of nitrogen functional groups attached to an aromatic ring is 1. The van der Waals surface area contributed by atoms with Crippen LogP contribution >= 0.6 is 11.8 Å². The quantitative estimate of drug-likeness (QED) is 0.299. The van der Waals surface area contributed by atoms with Gasteiger partial charge in [0.15, 0.2) is 0 Å². The second-order valence-electron chi connectivity index (χ2n) is 5.74. The van der Waals surface area contributed by atoms with E-state index in [0.29, 0.717) is 10.3 Å². The molecular formula is C16H23N3O7S. The minimum Gasteiger partial charge on any atom is -0.461 e. The number of carbonyl (C=O) groups is 1. The maximum absolute atomic E-state index is 12.8. The molecule has 150 valence electrons. The zero-order chi connectivity index (χ0) is 20.2. The van der Waals surface area contributed by atoms with Crippen LogP contribution in [-0.4, -0.2) is 73.9 Å². The van der Waals surface area contributed by atoms with Gasteiger partial charge in [-0.25, -0.2) is 9.59 Å². The molecule has 27 heavy (non-hydrogen) atoms. The molecule has 0 radical (unpaired) electrons. The van der Waals surface area contributed by atoms with Gasteiger partial charge in [-0.15, -0.1) is 0 Å². The predicted octanol–water partition coefficient (Wildman–Crippen LogP) is -1.47. The molecule has 0 spiro atoms. The Labute approximate surface area is 159 Å². The number of anilines is 1. The highest BCUT2D eigenvalue weighted by atomic mass is 32.2. The molecule has 4 atom stereocenters. The highest BCUT2D eigenvalue weighted by molar-refractivity contribution is 7.99. The van der Waals surface area contributed by atoms with Crippen LogP contribution in [0.2, 0.25) is 0 Å². The molecule has 0 bridgehead atoms. The molecular weight excluding hydrogens is 378 g/mol. The summed E-state index contributed by atoms with van der Waals surface area (Å²) >= 11 is 1.52. The highest BCUT2D eigenvalue weighted by Gasteiger charge is 2.62. The van der Waals surface area contributed by atoms with E-state index in [-0.39, 0.29) is 18.0 Å². The van der Waals surface area contributed by atoms with Gasteiger partial charge in [0, 0.05) is 17.5 Å². The molecule has 10 nitrogen and oxygen atoms in total. The molecule has 0 aromatic carbocycles. The van der Waals surface area contributed by atoms with Gasteiger partial charge in [0.1, 0.15) is 30.7 Å². The molecule has 1 aliphatic heterocycles. The van der Waals surface area contributed by atoms with Gasteiger partial charge in [0.05, 0.1) is 6.61 Å². The van der Waals surface area contributed by atoms with E-state index < -0.39 is 42.3 Å². The molecule has 0 aliphatic carbocycles. The third kappa shape index (κ3) is 3.87. The van der Waals surface area contributed by atoms with E-state index in [1.165, 1.54) is 17.8 Å². The van der Waals surface area contributed by atoms with Crippen molar-refractivity contribution in [1.82, 2.24) is 9.55 Å². The Hall–Kier alpha value is -1.92. The minimum atomic E-state index is -2.42. The molecule has 1 aromatic heterocycles. The van der Waals surface area contributed by atoms with Gasteiger partial charge in [-0.1, -0.05) is 19.6 Å². The number of aromatic nitrogens is 2. The molecule has 2 heterocycles. The molecule has 0 amide bonds. The molecule has 2 rings (SSSR count). The normalized spacial score (nSPS) is 27.5. The first-order chi connectivity index (χ1) is 12.8. The Bertz CT molecular complexity index is 756. The molecule has 5 N–H and O–H groups in total. The van der Waals surface area contributed by atoms with Crippen molar-refractivity contribution < 1.29 is 29.6 Å². The van der Waals surface area contributed by atoms with Crippen molar-refractivity contribution in [2.45, 2.75) is 31.0 Å². The Morgan fingerprint density at radius 1 is 1.59 bits per heavy atom. The van der Waals surface area contributed by atoms with Crippen LogP contribution in [0.3, 0.4) is 0 Å². The van der Waals surface area contributed by atoms with E-state index in [2.05, 4.69) is 11.6 Å². The fourth-order valence-electron chi connectivity index (χ4n) is 2.73. The average molecular weight is 401 g/mol. The third-order valence-corrected chi connectivity index (χ3v) is 5.00. The van der Waals surface area contributed by atoms with Crippen LogP contribution in [0.25, 0.3) is 6.08 Å². The molecule has 11 heteroatoms. The topological polar surface area (TPSA) is 157 Å². The van der Waals surface area contributed by atoms with Gasteiger partial charge in [0.2, 0.25) is 0 Å². The van der Waals surface area contributed by atoms with Gasteiger partial charge in [-0.2, -0.15) is 16.7 Å². The summed E-state index contributed by atoms with van der Waals surface area (Å²) in [5.74, 6) is 0.0934. The Kier molecular flexibility index (Phi) is 7.00.